The Bertz CT molecular complexity index is 995. The van der Waals surface area contributed by atoms with Gasteiger partial charge >= 0.3 is 0 Å². The van der Waals surface area contributed by atoms with Crippen LogP contribution in [0.5, 0.6) is 0 Å². The van der Waals surface area contributed by atoms with E-state index in [0.29, 0.717) is 18.0 Å². The van der Waals surface area contributed by atoms with Crippen LogP contribution in [-0.4, -0.2) is 40.5 Å². The van der Waals surface area contributed by atoms with Gasteiger partial charge in [0.25, 0.3) is 11.5 Å². The SMILES string of the molecule is CCNC(=O)c1ccc(N2CCCC3(CCc4c3nc(C3CC3)[nH]c4=O)C2)nc1. The second kappa shape index (κ2) is 6.97. The fourth-order valence-electron chi connectivity index (χ4n) is 4.91. The van der Waals surface area contributed by atoms with Crippen molar-refractivity contribution in [3.63, 3.8) is 0 Å². The van der Waals surface area contributed by atoms with Crippen LogP contribution in [0.15, 0.2) is 23.1 Å². The maximum Gasteiger partial charge on any atom is 0.254 e. The lowest BCUT2D eigenvalue weighted by Crippen LogP contribution is -2.46. The van der Waals surface area contributed by atoms with Gasteiger partial charge in [-0.05, 0) is 57.6 Å². The van der Waals surface area contributed by atoms with Gasteiger partial charge in [-0.2, -0.15) is 0 Å². The Morgan fingerprint density at radius 2 is 2.21 bits per heavy atom. The van der Waals surface area contributed by atoms with E-state index < -0.39 is 0 Å². The highest BCUT2D eigenvalue weighted by Crippen LogP contribution is 2.45. The molecule has 152 valence electrons. The fraction of sp³-hybridized carbons (Fsp3) is 0.545. The zero-order valence-electron chi connectivity index (χ0n) is 16.8. The van der Waals surface area contributed by atoms with Gasteiger partial charge in [-0.1, -0.05) is 0 Å². The lowest BCUT2D eigenvalue weighted by molar-refractivity contribution is 0.0955. The van der Waals surface area contributed by atoms with E-state index in [0.717, 1.165) is 74.5 Å². The lowest BCUT2D eigenvalue weighted by atomic mass is 9.77. The van der Waals surface area contributed by atoms with Crippen LogP contribution >= 0.6 is 0 Å². The van der Waals surface area contributed by atoms with E-state index in [1.165, 1.54) is 0 Å². The molecular weight excluding hydrogens is 366 g/mol. The molecule has 1 saturated carbocycles. The Labute approximate surface area is 170 Å². The number of hydrogen-bond acceptors (Lipinski definition) is 5. The van der Waals surface area contributed by atoms with E-state index in [1.807, 2.05) is 19.1 Å². The monoisotopic (exact) mass is 393 g/mol. The number of aromatic amines is 1. The van der Waals surface area contributed by atoms with Gasteiger partial charge < -0.3 is 15.2 Å². The van der Waals surface area contributed by atoms with Crippen molar-refractivity contribution in [3.05, 3.63) is 51.3 Å². The highest BCUT2D eigenvalue weighted by molar-refractivity contribution is 5.94. The first-order chi connectivity index (χ1) is 14.1. The smallest absolute Gasteiger partial charge is 0.254 e. The van der Waals surface area contributed by atoms with Crippen molar-refractivity contribution < 1.29 is 4.79 Å². The number of nitrogens with one attached hydrogen (secondary N) is 2. The Balaban J connectivity index is 1.42. The first-order valence-electron chi connectivity index (χ1n) is 10.7. The number of aromatic nitrogens is 3. The minimum Gasteiger partial charge on any atom is -0.356 e. The number of fused-ring (bicyclic) bond motifs is 2. The van der Waals surface area contributed by atoms with Gasteiger partial charge in [0.05, 0.1) is 11.3 Å². The van der Waals surface area contributed by atoms with Crippen molar-refractivity contribution in [2.45, 2.75) is 56.8 Å². The number of rotatable bonds is 4. The van der Waals surface area contributed by atoms with Crippen molar-refractivity contribution in [2.75, 3.05) is 24.5 Å². The predicted molar refractivity (Wildman–Crippen MR) is 111 cm³/mol. The predicted octanol–water partition coefficient (Wildman–Crippen LogP) is 2.28. The molecular formula is C22H27N5O2. The van der Waals surface area contributed by atoms with E-state index in [4.69, 9.17) is 4.98 Å². The third-order valence-electron chi connectivity index (χ3n) is 6.60. The van der Waals surface area contributed by atoms with Crippen molar-refractivity contribution in [1.82, 2.24) is 20.3 Å². The molecule has 2 aromatic rings. The molecule has 2 N–H and O–H groups in total. The molecule has 29 heavy (non-hydrogen) atoms. The van der Waals surface area contributed by atoms with Crippen molar-refractivity contribution in [2.24, 2.45) is 0 Å². The number of H-pyrrole nitrogens is 1. The van der Waals surface area contributed by atoms with E-state index in [1.54, 1.807) is 6.20 Å². The minimum absolute atomic E-state index is 0.0641. The van der Waals surface area contributed by atoms with Gasteiger partial charge in [0, 0.05) is 42.7 Å². The standard InChI is InChI=1S/C22H27N5O2/c1-2-23-20(28)15-6-7-17(24-12-15)27-11-3-9-22(13-27)10-8-16-18(22)25-19(14-4-5-14)26-21(16)29/h6-7,12,14H,2-5,8-11,13H2,1H3,(H,23,28)(H,25,26,29). The molecule has 3 aliphatic rings. The summed E-state index contributed by atoms with van der Waals surface area (Å²) in [6.07, 6.45) is 7.80. The molecule has 0 bridgehead atoms. The number of hydrogen-bond donors (Lipinski definition) is 2. The topological polar surface area (TPSA) is 91.0 Å². The van der Waals surface area contributed by atoms with Crippen LogP contribution in [-0.2, 0) is 11.8 Å². The summed E-state index contributed by atoms with van der Waals surface area (Å²) in [5.41, 5.74) is 2.50. The van der Waals surface area contributed by atoms with Crippen molar-refractivity contribution in [1.29, 1.82) is 0 Å². The number of pyridine rings is 1. The maximum absolute atomic E-state index is 12.6. The van der Waals surface area contributed by atoms with Gasteiger partial charge in [-0.15, -0.1) is 0 Å². The molecule has 0 aromatic carbocycles. The highest BCUT2D eigenvalue weighted by atomic mass is 16.1. The van der Waals surface area contributed by atoms with E-state index in [9.17, 15) is 9.59 Å². The molecule has 1 amide bonds. The molecule has 2 aliphatic carbocycles. The molecule has 3 heterocycles. The summed E-state index contributed by atoms with van der Waals surface area (Å²) in [7, 11) is 0. The van der Waals surface area contributed by atoms with Crippen molar-refractivity contribution >= 4 is 11.7 Å². The fourth-order valence-corrected chi connectivity index (χ4v) is 4.91. The van der Waals surface area contributed by atoms with Gasteiger partial charge in [0.1, 0.15) is 11.6 Å². The van der Waals surface area contributed by atoms with Crippen LogP contribution in [0.25, 0.3) is 0 Å². The zero-order chi connectivity index (χ0) is 20.0. The summed E-state index contributed by atoms with van der Waals surface area (Å²) in [4.78, 5) is 39.5. The van der Waals surface area contributed by atoms with Gasteiger partial charge in [-0.3, -0.25) is 9.59 Å². The van der Waals surface area contributed by atoms with Crippen LogP contribution in [0.2, 0.25) is 0 Å². The number of carbonyl (C=O) groups is 1. The first kappa shape index (κ1) is 18.3. The van der Waals surface area contributed by atoms with Crippen LogP contribution in [0.3, 0.4) is 0 Å². The average Bonchev–Trinajstić information content (AvgIpc) is 3.53. The number of amides is 1. The van der Waals surface area contributed by atoms with Crippen molar-refractivity contribution in [3.8, 4) is 0 Å². The second-order valence-electron chi connectivity index (χ2n) is 8.62. The van der Waals surface area contributed by atoms with E-state index >= 15 is 0 Å². The summed E-state index contributed by atoms with van der Waals surface area (Å²) >= 11 is 0. The number of carbonyl (C=O) groups excluding carboxylic acids is 1. The summed E-state index contributed by atoms with van der Waals surface area (Å²) in [5, 5.41) is 2.80. The molecule has 2 fully saturated rings. The third kappa shape index (κ3) is 3.22. The van der Waals surface area contributed by atoms with Crippen LogP contribution in [0.1, 0.15) is 72.4 Å². The maximum atomic E-state index is 12.6. The first-order valence-corrected chi connectivity index (χ1v) is 10.7. The molecule has 1 atom stereocenters. The molecule has 0 radical (unpaired) electrons. The summed E-state index contributed by atoms with van der Waals surface area (Å²) in [6.45, 7) is 4.26. The van der Waals surface area contributed by atoms with E-state index in [-0.39, 0.29) is 16.9 Å². The molecule has 1 saturated heterocycles. The Morgan fingerprint density at radius 1 is 1.34 bits per heavy atom. The molecule has 1 spiro atoms. The Hall–Kier alpha value is -2.70. The van der Waals surface area contributed by atoms with Crippen LogP contribution in [0.4, 0.5) is 5.82 Å². The van der Waals surface area contributed by atoms with Crippen LogP contribution in [0, 0.1) is 0 Å². The number of anilines is 1. The zero-order valence-corrected chi connectivity index (χ0v) is 16.8. The second-order valence-corrected chi connectivity index (χ2v) is 8.62. The van der Waals surface area contributed by atoms with Gasteiger partial charge in [0.2, 0.25) is 0 Å². The Morgan fingerprint density at radius 3 is 2.93 bits per heavy atom. The third-order valence-corrected chi connectivity index (χ3v) is 6.60. The molecule has 7 nitrogen and oxygen atoms in total. The minimum atomic E-state index is -0.0950. The largest absolute Gasteiger partial charge is 0.356 e. The molecule has 1 aliphatic heterocycles. The Kier molecular flexibility index (Phi) is 4.41. The molecule has 7 heteroatoms. The highest BCUT2D eigenvalue weighted by Gasteiger charge is 2.45. The quantitative estimate of drug-likeness (QED) is 0.832. The van der Waals surface area contributed by atoms with Gasteiger partial charge in [0.15, 0.2) is 0 Å². The number of nitrogens with zero attached hydrogens (tertiary/aromatic N) is 3. The molecule has 5 rings (SSSR count). The number of piperidine rings is 1. The van der Waals surface area contributed by atoms with Crippen LogP contribution < -0.4 is 15.8 Å². The van der Waals surface area contributed by atoms with E-state index in [2.05, 4.69) is 20.2 Å². The van der Waals surface area contributed by atoms with Gasteiger partial charge in [-0.25, -0.2) is 9.97 Å². The molecule has 2 aromatic heterocycles. The summed E-state index contributed by atoms with van der Waals surface area (Å²) in [5.74, 6) is 2.12. The average molecular weight is 393 g/mol. The summed E-state index contributed by atoms with van der Waals surface area (Å²) in [6, 6.07) is 3.77. The summed E-state index contributed by atoms with van der Waals surface area (Å²) < 4.78 is 0. The molecule has 1 unspecified atom stereocenters. The lowest BCUT2D eigenvalue weighted by Gasteiger charge is -2.41. The normalized spacial score (nSPS) is 23.3.